The molecule has 5 nitrogen and oxygen atoms in total. The first-order valence-electron chi connectivity index (χ1n) is 6.33. The van der Waals surface area contributed by atoms with E-state index >= 15 is 0 Å². The Labute approximate surface area is 126 Å². The van der Waals surface area contributed by atoms with Crippen LogP contribution in [0.5, 0.6) is 0 Å². The number of carbonyl (C=O) groups excluding carboxylic acids is 2. The number of nitrogens with one attached hydrogen (secondary N) is 2. The molecule has 0 bridgehead atoms. The molecular formula is C14H16BrN3O2. The van der Waals surface area contributed by atoms with Gasteiger partial charge >= 0.3 is 6.03 Å². The fourth-order valence-electron chi connectivity index (χ4n) is 1.93. The van der Waals surface area contributed by atoms with Crippen LogP contribution < -0.4 is 10.6 Å². The van der Waals surface area contributed by atoms with Crippen molar-refractivity contribution < 1.29 is 9.59 Å². The third kappa shape index (κ3) is 3.60. The fourth-order valence-corrected chi connectivity index (χ4v) is 2.46. The maximum atomic E-state index is 12.1. The lowest BCUT2D eigenvalue weighted by molar-refractivity contribution is 0.0963. The van der Waals surface area contributed by atoms with Crippen LogP contribution in [0.15, 0.2) is 34.8 Å². The number of benzene rings is 1. The van der Waals surface area contributed by atoms with Gasteiger partial charge in [0.25, 0.3) is 5.91 Å². The summed E-state index contributed by atoms with van der Waals surface area (Å²) >= 11 is 3.41. The first-order chi connectivity index (χ1) is 9.60. The van der Waals surface area contributed by atoms with Crippen molar-refractivity contribution in [3.05, 3.63) is 40.4 Å². The highest BCUT2D eigenvalue weighted by molar-refractivity contribution is 9.11. The molecule has 106 valence electrons. The number of hydrogen-bond donors (Lipinski definition) is 2. The molecule has 0 fully saturated rings. The third-order valence-corrected chi connectivity index (χ3v) is 3.59. The number of hydrogen-bond acceptors (Lipinski definition) is 2. The second-order valence-electron chi connectivity index (χ2n) is 4.45. The van der Waals surface area contributed by atoms with E-state index in [-0.39, 0.29) is 11.9 Å². The lowest BCUT2D eigenvalue weighted by atomic mass is 10.2. The number of halogens is 1. The first-order valence-corrected chi connectivity index (χ1v) is 7.12. The minimum atomic E-state index is -0.145. The summed E-state index contributed by atoms with van der Waals surface area (Å²) in [6.07, 6.45) is 2.92. The predicted molar refractivity (Wildman–Crippen MR) is 82.1 cm³/mol. The topological polar surface area (TPSA) is 61.4 Å². The van der Waals surface area contributed by atoms with Gasteiger partial charge in [-0.15, -0.1) is 0 Å². The molecule has 6 heteroatoms. The van der Waals surface area contributed by atoms with Gasteiger partial charge in [0.15, 0.2) is 0 Å². The van der Waals surface area contributed by atoms with Crippen LogP contribution in [-0.2, 0) is 0 Å². The average molecular weight is 338 g/mol. The summed E-state index contributed by atoms with van der Waals surface area (Å²) in [5, 5.41) is 5.38. The van der Waals surface area contributed by atoms with Crippen LogP contribution in [0.25, 0.3) is 0 Å². The zero-order valence-corrected chi connectivity index (χ0v) is 12.7. The van der Waals surface area contributed by atoms with Gasteiger partial charge in [-0.2, -0.15) is 0 Å². The van der Waals surface area contributed by atoms with E-state index in [0.29, 0.717) is 24.3 Å². The number of anilines is 1. The largest absolute Gasteiger partial charge is 0.355 e. The summed E-state index contributed by atoms with van der Waals surface area (Å²) < 4.78 is 1.02. The van der Waals surface area contributed by atoms with Gasteiger partial charge < -0.3 is 15.5 Å². The molecular weight excluding hydrogens is 322 g/mol. The molecule has 1 aliphatic rings. The normalized spacial score (nSPS) is 14.5. The second kappa shape index (κ2) is 6.56. The van der Waals surface area contributed by atoms with E-state index in [1.165, 1.54) is 0 Å². The summed E-state index contributed by atoms with van der Waals surface area (Å²) in [5.74, 6) is -0.145. The van der Waals surface area contributed by atoms with E-state index in [1.807, 2.05) is 0 Å². The molecule has 1 heterocycles. The van der Waals surface area contributed by atoms with Crippen molar-refractivity contribution in [2.45, 2.75) is 6.42 Å². The van der Waals surface area contributed by atoms with Crippen molar-refractivity contribution in [2.24, 2.45) is 0 Å². The van der Waals surface area contributed by atoms with E-state index in [1.54, 1.807) is 36.2 Å². The van der Waals surface area contributed by atoms with Gasteiger partial charge in [0.05, 0.1) is 6.54 Å². The predicted octanol–water partition coefficient (Wildman–Crippen LogP) is 2.56. The Morgan fingerprint density at radius 2 is 1.95 bits per heavy atom. The molecule has 1 aromatic carbocycles. The molecule has 1 aliphatic heterocycles. The highest BCUT2D eigenvalue weighted by atomic mass is 79.9. The van der Waals surface area contributed by atoms with Gasteiger partial charge in [-0.1, -0.05) is 22.0 Å². The average Bonchev–Trinajstić information content (AvgIpc) is 2.47. The molecule has 2 rings (SSSR count). The van der Waals surface area contributed by atoms with Crippen molar-refractivity contribution >= 4 is 33.6 Å². The number of urea groups is 1. The molecule has 20 heavy (non-hydrogen) atoms. The van der Waals surface area contributed by atoms with Crippen LogP contribution in [0.3, 0.4) is 0 Å². The Kier molecular flexibility index (Phi) is 4.79. The number of nitrogens with zero attached hydrogens (tertiary/aromatic N) is 1. The van der Waals surface area contributed by atoms with E-state index in [9.17, 15) is 9.59 Å². The molecule has 0 radical (unpaired) electrons. The smallest absolute Gasteiger partial charge is 0.322 e. The molecule has 0 saturated heterocycles. The van der Waals surface area contributed by atoms with Crippen molar-refractivity contribution in [3.8, 4) is 0 Å². The van der Waals surface area contributed by atoms with Crippen LogP contribution >= 0.6 is 15.9 Å². The monoisotopic (exact) mass is 337 g/mol. The zero-order valence-electron chi connectivity index (χ0n) is 11.1. The van der Waals surface area contributed by atoms with Gasteiger partial charge in [0.1, 0.15) is 0 Å². The van der Waals surface area contributed by atoms with Gasteiger partial charge in [-0.3, -0.25) is 4.79 Å². The van der Waals surface area contributed by atoms with E-state index in [2.05, 4.69) is 32.6 Å². The Hall–Kier alpha value is -1.82. The Bertz CT molecular complexity index is 540. The van der Waals surface area contributed by atoms with Crippen LogP contribution in [0, 0.1) is 0 Å². The molecule has 0 aromatic heterocycles. The highest BCUT2D eigenvalue weighted by Crippen LogP contribution is 2.16. The number of carbonyl (C=O) groups is 2. The maximum absolute atomic E-state index is 12.1. The fraction of sp³-hybridized carbons (Fsp3) is 0.286. The molecule has 3 amide bonds. The van der Waals surface area contributed by atoms with E-state index in [0.717, 1.165) is 10.9 Å². The first kappa shape index (κ1) is 14.6. The SMILES string of the molecule is CNC(=O)c1ccc(NC(=O)N2CCC=C(Br)C2)cc1. The van der Waals surface area contributed by atoms with Crippen LogP contribution in [0.1, 0.15) is 16.8 Å². The van der Waals surface area contributed by atoms with Crippen LogP contribution in [-0.4, -0.2) is 37.0 Å². The lowest BCUT2D eigenvalue weighted by Gasteiger charge is -2.25. The van der Waals surface area contributed by atoms with E-state index in [4.69, 9.17) is 0 Å². The Morgan fingerprint density at radius 1 is 1.25 bits per heavy atom. The zero-order chi connectivity index (χ0) is 14.5. The van der Waals surface area contributed by atoms with Crippen LogP contribution in [0.2, 0.25) is 0 Å². The van der Waals surface area contributed by atoms with Crippen molar-refractivity contribution in [3.63, 3.8) is 0 Å². The third-order valence-electron chi connectivity index (χ3n) is 3.02. The minimum absolute atomic E-state index is 0.136. The highest BCUT2D eigenvalue weighted by Gasteiger charge is 2.17. The van der Waals surface area contributed by atoms with E-state index < -0.39 is 0 Å². The van der Waals surface area contributed by atoms with Gasteiger partial charge in [0.2, 0.25) is 0 Å². The summed E-state index contributed by atoms with van der Waals surface area (Å²) in [4.78, 5) is 25.2. The number of rotatable bonds is 2. The molecule has 1 aromatic rings. The van der Waals surface area contributed by atoms with Gasteiger partial charge in [0, 0.05) is 29.3 Å². The molecule has 0 aliphatic carbocycles. The standard InChI is InChI=1S/C14H16BrN3O2/c1-16-13(19)10-4-6-12(7-5-10)17-14(20)18-8-2-3-11(15)9-18/h3-7H,2,8-9H2,1H3,(H,16,19)(H,17,20). The van der Waals surface area contributed by atoms with Crippen molar-refractivity contribution in [2.75, 3.05) is 25.5 Å². The minimum Gasteiger partial charge on any atom is -0.355 e. The number of amides is 3. The van der Waals surface area contributed by atoms with Crippen molar-refractivity contribution in [1.82, 2.24) is 10.2 Å². The summed E-state index contributed by atoms with van der Waals surface area (Å²) in [5.41, 5.74) is 1.24. The quantitative estimate of drug-likeness (QED) is 0.871. The summed E-state index contributed by atoms with van der Waals surface area (Å²) in [7, 11) is 1.58. The molecule has 0 saturated carbocycles. The molecule has 0 spiro atoms. The van der Waals surface area contributed by atoms with Gasteiger partial charge in [-0.25, -0.2) is 4.79 Å². The van der Waals surface area contributed by atoms with Crippen molar-refractivity contribution in [1.29, 1.82) is 0 Å². The van der Waals surface area contributed by atoms with Crippen LogP contribution in [0.4, 0.5) is 10.5 Å². The lowest BCUT2D eigenvalue weighted by Crippen LogP contribution is -2.38. The maximum Gasteiger partial charge on any atom is 0.322 e. The van der Waals surface area contributed by atoms with Gasteiger partial charge in [-0.05, 0) is 30.7 Å². The Balaban J connectivity index is 1.98. The summed E-state index contributed by atoms with van der Waals surface area (Å²) in [6, 6.07) is 6.66. The Morgan fingerprint density at radius 3 is 2.55 bits per heavy atom. The summed E-state index contributed by atoms with van der Waals surface area (Å²) in [6.45, 7) is 1.29. The molecule has 0 atom stereocenters. The molecule has 2 N–H and O–H groups in total. The second-order valence-corrected chi connectivity index (χ2v) is 5.47. The molecule has 0 unspecified atom stereocenters.